The molecule has 22 heavy (non-hydrogen) atoms. The lowest BCUT2D eigenvalue weighted by Gasteiger charge is -2.09. The molecule has 0 saturated carbocycles. The third kappa shape index (κ3) is 2.07. The molecule has 4 rings (SSSR count). The molecule has 2 aliphatic rings. The summed E-state index contributed by atoms with van der Waals surface area (Å²) in [6, 6.07) is 11.0. The lowest BCUT2D eigenvalue weighted by Crippen LogP contribution is -2.15. The zero-order valence-corrected chi connectivity index (χ0v) is 11.8. The standard InChI is InChI=1S/C17H14N2O3/c20-16(13-3-1-2-10-7-18-8-15(10)13)19-12-5-4-11-9-22-17(21)14(11)6-12/h1-6,18H,7-9H2,(H,19,20). The van der Waals surface area contributed by atoms with Crippen molar-refractivity contribution in [3.63, 3.8) is 0 Å². The summed E-state index contributed by atoms with van der Waals surface area (Å²) in [7, 11) is 0. The second kappa shape index (κ2) is 4.96. The van der Waals surface area contributed by atoms with Gasteiger partial charge in [-0.05, 0) is 29.3 Å². The van der Waals surface area contributed by atoms with Gasteiger partial charge in [-0.3, -0.25) is 4.79 Å². The summed E-state index contributed by atoms with van der Waals surface area (Å²) in [5.41, 5.74) is 4.85. The SMILES string of the molecule is O=C1OCc2ccc(NC(=O)c3cccc4c3CNC4)cc21. The Morgan fingerprint density at radius 1 is 1.14 bits per heavy atom. The van der Waals surface area contributed by atoms with Gasteiger partial charge in [-0.25, -0.2) is 4.79 Å². The molecule has 0 aromatic heterocycles. The van der Waals surface area contributed by atoms with Gasteiger partial charge in [-0.2, -0.15) is 0 Å². The van der Waals surface area contributed by atoms with Crippen molar-refractivity contribution in [2.45, 2.75) is 19.7 Å². The van der Waals surface area contributed by atoms with Crippen molar-refractivity contribution in [1.82, 2.24) is 5.32 Å². The summed E-state index contributed by atoms with van der Waals surface area (Å²) in [5.74, 6) is -0.497. The normalized spacial score (nSPS) is 15.2. The van der Waals surface area contributed by atoms with Gasteiger partial charge in [0.2, 0.25) is 0 Å². The Hall–Kier alpha value is -2.66. The minimum absolute atomic E-state index is 0.160. The molecule has 2 N–H and O–H groups in total. The summed E-state index contributed by atoms with van der Waals surface area (Å²) in [6.07, 6.45) is 0. The van der Waals surface area contributed by atoms with Gasteiger partial charge < -0.3 is 15.4 Å². The van der Waals surface area contributed by atoms with E-state index in [0.29, 0.717) is 30.0 Å². The predicted octanol–water partition coefficient (Wildman–Crippen LogP) is 2.21. The van der Waals surface area contributed by atoms with Crippen molar-refractivity contribution in [3.8, 4) is 0 Å². The molecule has 110 valence electrons. The Morgan fingerprint density at radius 2 is 2.05 bits per heavy atom. The highest BCUT2D eigenvalue weighted by molar-refractivity contribution is 6.06. The number of rotatable bonds is 2. The summed E-state index contributed by atoms with van der Waals surface area (Å²) in [6.45, 7) is 1.80. The van der Waals surface area contributed by atoms with Crippen LogP contribution in [-0.4, -0.2) is 11.9 Å². The number of benzene rings is 2. The van der Waals surface area contributed by atoms with Gasteiger partial charge in [0.15, 0.2) is 0 Å². The number of hydrogen-bond acceptors (Lipinski definition) is 4. The quantitative estimate of drug-likeness (QED) is 0.833. The fourth-order valence-corrected chi connectivity index (χ4v) is 2.93. The number of nitrogens with one attached hydrogen (secondary N) is 2. The topological polar surface area (TPSA) is 67.4 Å². The van der Waals surface area contributed by atoms with Crippen LogP contribution in [0.3, 0.4) is 0 Å². The number of hydrogen-bond donors (Lipinski definition) is 2. The van der Waals surface area contributed by atoms with E-state index < -0.39 is 0 Å². The summed E-state index contributed by atoms with van der Waals surface area (Å²) >= 11 is 0. The maximum Gasteiger partial charge on any atom is 0.338 e. The van der Waals surface area contributed by atoms with Crippen molar-refractivity contribution in [1.29, 1.82) is 0 Å². The molecule has 2 aromatic carbocycles. The number of carbonyl (C=O) groups excluding carboxylic acids is 2. The van der Waals surface area contributed by atoms with Crippen LogP contribution >= 0.6 is 0 Å². The maximum atomic E-state index is 12.5. The van der Waals surface area contributed by atoms with Crippen LogP contribution in [0.25, 0.3) is 0 Å². The number of ether oxygens (including phenoxy) is 1. The highest BCUT2D eigenvalue weighted by Crippen LogP contribution is 2.25. The zero-order valence-electron chi connectivity index (χ0n) is 11.8. The molecule has 0 aliphatic carbocycles. The van der Waals surface area contributed by atoms with E-state index in [2.05, 4.69) is 10.6 Å². The first-order chi connectivity index (χ1) is 10.7. The second-order valence-corrected chi connectivity index (χ2v) is 5.45. The number of fused-ring (bicyclic) bond motifs is 2. The Morgan fingerprint density at radius 3 is 2.95 bits per heavy atom. The lowest BCUT2D eigenvalue weighted by molar-refractivity contribution is 0.0535. The first kappa shape index (κ1) is 13.0. The van der Waals surface area contributed by atoms with Crippen molar-refractivity contribution >= 4 is 17.6 Å². The molecule has 2 aliphatic heterocycles. The Bertz CT molecular complexity index is 798. The summed E-state index contributed by atoms with van der Waals surface area (Å²) < 4.78 is 4.97. The van der Waals surface area contributed by atoms with Crippen LogP contribution in [0.2, 0.25) is 0 Å². The van der Waals surface area contributed by atoms with Gasteiger partial charge in [0, 0.05) is 29.9 Å². The molecule has 1 amide bonds. The summed E-state index contributed by atoms with van der Waals surface area (Å²) in [4.78, 5) is 24.1. The highest BCUT2D eigenvalue weighted by atomic mass is 16.5. The number of cyclic esters (lactones) is 1. The summed E-state index contributed by atoms with van der Waals surface area (Å²) in [5, 5.41) is 6.11. The minimum Gasteiger partial charge on any atom is -0.457 e. The van der Waals surface area contributed by atoms with Crippen molar-refractivity contribution in [2.75, 3.05) is 5.32 Å². The van der Waals surface area contributed by atoms with E-state index in [-0.39, 0.29) is 11.9 Å². The molecule has 0 atom stereocenters. The second-order valence-electron chi connectivity index (χ2n) is 5.45. The van der Waals surface area contributed by atoms with Gasteiger partial charge in [-0.1, -0.05) is 18.2 Å². The average Bonchev–Trinajstić information content (AvgIpc) is 3.14. The van der Waals surface area contributed by atoms with Crippen molar-refractivity contribution < 1.29 is 14.3 Å². The van der Waals surface area contributed by atoms with Crippen LogP contribution in [0.1, 0.15) is 37.4 Å². The third-order valence-electron chi connectivity index (χ3n) is 4.08. The highest BCUT2D eigenvalue weighted by Gasteiger charge is 2.22. The van der Waals surface area contributed by atoms with Gasteiger partial charge in [0.25, 0.3) is 5.91 Å². The number of anilines is 1. The van der Waals surface area contributed by atoms with Crippen LogP contribution < -0.4 is 10.6 Å². The predicted molar refractivity (Wildman–Crippen MR) is 80.5 cm³/mol. The smallest absolute Gasteiger partial charge is 0.338 e. The maximum absolute atomic E-state index is 12.5. The van der Waals surface area contributed by atoms with Gasteiger partial charge >= 0.3 is 5.97 Å². The van der Waals surface area contributed by atoms with Crippen molar-refractivity contribution in [3.05, 3.63) is 64.2 Å². The Labute approximate surface area is 127 Å². The molecule has 0 fully saturated rings. The molecule has 0 spiro atoms. The van der Waals surface area contributed by atoms with E-state index in [1.807, 2.05) is 24.3 Å². The van der Waals surface area contributed by atoms with Gasteiger partial charge in [0.05, 0.1) is 5.56 Å². The van der Waals surface area contributed by atoms with Crippen LogP contribution in [0.4, 0.5) is 5.69 Å². The number of amides is 1. The first-order valence-corrected chi connectivity index (χ1v) is 7.15. The third-order valence-corrected chi connectivity index (χ3v) is 4.08. The molecule has 2 heterocycles. The van der Waals surface area contributed by atoms with Crippen LogP contribution in [-0.2, 0) is 24.4 Å². The molecule has 0 unspecified atom stereocenters. The molecular formula is C17H14N2O3. The Kier molecular flexibility index (Phi) is 2.94. The molecule has 2 aromatic rings. The molecule has 0 saturated heterocycles. The average molecular weight is 294 g/mol. The molecule has 5 nitrogen and oxygen atoms in total. The zero-order chi connectivity index (χ0) is 15.1. The molecule has 0 bridgehead atoms. The molecular weight excluding hydrogens is 280 g/mol. The Balaban J connectivity index is 1.62. The van der Waals surface area contributed by atoms with Gasteiger partial charge in [0.1, 0.15) is 6.61 Å². The first-order valence-electron chi connectivity index (χ1n) is 7.15. The largest absolute Gasteiger partial charge is 0.457 e. The number of esters is 1. The van der Waals surface area contributed by atoms with Crippen LogP contribution in [0.15, 0.2) is 36.4 Å². The lowest BCUT2D eigenvalue weighted by atomic mass is 10.0. The van der Waals surface area contributed by atoms with E-state index in [4.69, 9.17) is 4.74 Å². The van der Waals surface area contributed by atoms with Crippen molar-refractivity contribution in [2.24, 2.45) is 0 Å². The van der Waals surface area contributed by atoms with E-state index in [1.165, 1.54) is 0 Å². The fraction of sp³-hybridized carbons (Fsp3) is 0.176. The van der Waals surface area contributed by atoms with E-state index in [9.17, 15) is 9.59 Å². The van der Waals surface area contributed by atoms with E-state index >= 15 is 0 Å². The molecule has 0 radical (unpaired) electrons. The van der Waals surface area contributed by atoms with Crippen LogP contribution in [0, 0.1) is 0 Å². The van der Waals surface area contributed by atoms with E-state index in [0.717, 1.165) is 23.2 Å². The minimum atomic E-state index is -0.337. The van der Waals surface area contributed by atoms with Gasteiger partial charge in [-0.15, -0.1) is 0 Å². The number of carbonyl (C=O) groups is 2. The van der Waals surface area contributed by atoms with Crippen LogP contribution in [0.5, 0.6) is 0 Å². The monoisotopic (exact) mass is 294 g/mol. The molecule has 5 heteroatoms. The fourth-order valence-electron chi connectivity index (χ4n) is 2.93. The van der Waals surface area contributed by atoms with E-state index in [1.54, 1.807) is 12.1 Å².